The summed E-state index contributed by atoms with van der Waals surface area (Å²) >= 11 is 9.53. The first-order valence-corrected chi connectivity index (χ1v) is 7.82. The van der Waals surface area contributed by atoms with Gasteiger partial charge in [-0.2, -0.15) is 0 Å². The summed E-state index contributed by atoms with van der Waals surface area (Å²) in [5.41, 5.74) is 8.48. The molecule has 4 nitrogen and oxygen atoms in total. The number of carbonyl (C=O) groups is 1. The zero-order chi connectivity index (χ0) is 15.6. The molecule has 0 aliphatic carbocycles. The molecule has 0 spiro atoms. The van der Waals surface area contributed by atoms with E-state index in [1.807, 2.05) is 24.5 Å². The van der Waals surface area contributed by atoms with Crippen LogP contribution in [0.3, 0.4) is 0 Å². The Balaban J connectivity index is 2.28. The number of hydrogen-bond acceptors (Lipinski definition) is 2. The Bertz CT molecular complexity index is 682. The number of benzene rings is 1. The lowest BCUT2D eigenvalue weighted by atomic mass is 10.2. The van der Waals surface area contributed by atoms with Gasteiger partial charge in [-0.15, -0.1) is 0 Å². The largest absolute Gasteiger partial charge is 0.397 e. The standard InChI is InChI=1S/C15H17BrClN3O/c1-3-4-20-8-10(18)6-14(20)15(21)19-13-7-12(17)9(2)5-11(13)16/h5-8H,3-4,18H2,1-2H3,(H,19,21). The topological polar surface area (TPSA) is 60.0 Å². The molecule has 112 valence electrons. The van der Waals surface area contributed by atoms with Gasteiger partial charge in [-0.3, -0.25) is 4.79 Å². The van der Waals surface area contributed by atoms with Gasteiger partial charge in [0.25, 0.3) is 5.91 Å². The van der Waals surface area contributed by atoms with E-state index in [1.165, 1.54) is 0 Å². The summed E-state index contributed by atoms with van der Waals surface area (Å²) in [6.07, 6.45) is 2.70. The normalized spacial score (nSPS) is 10.7. The van der Waals surface area contributed by atoms with Gasteiger partial charge >= 0.3 is 0 Å². The summed E-state index contributed by atoms with van der Waals surface area (Å²) in [7, 11) is 0. The number of nitrogens with zero attached hydrogens (tertiary/aromatic N) is 1. The van der Waals surface area contributed by atoms with E-state index in [0.717, 1.165) is 23.0 Å². The van der Waals surface area contributed by atoms with Gasteiger partial charge in [0, 0.05) is 22.2 Å². The fourth-order valence-corrected chi connectivity index (χ4v) is 2.80. The van der Waals surface area contributed by atoms with Crippen LogP contribution in [0.15, 0.2) is 28.9 Å². The monoisotopic (exact) mass is 369 g/mol. The van der Waals surface area contributed by atoms with E-state index in [1.54, 1.807) is 18.3 Å². The lowest BCUT2D eigenvalue weighted by Crippen LogP contribution is -2.17. The number of aryl methyl sites for hydroxylation is 2. The minimum atomic E-state index is -0.208. The zero-order valence-electron chi connectivity index (χ0n) is 11.9. The second-order valence-corrected chi connectivity index (χ2v) is 6.15. The maximum Gasteiger partial charge on any atom is 0.272 e. The molecule has 1 aromatic heterocycles. The first-order valence-electron chi connectivity index (χ1n) is 6.65. The van der Waals surface area contributed by atoms with Crippen molar-refractivity contribution in [3.63, 3.8) is 0 Å². The predicted molar refractivity (Wildman–Crippen MR) is 91.0 cm³/mol. The number of nitrogen functional groups attached to an aromatic ring is 1. The zero-order valence-corrected chi connectivity index (χ0v) is 14.3. The van der Waals surface area contributed by atoms with E-state index in [2.05, 4.69) is 21.2 Å². The first-order chi connectivity index (χ1) is 9.92. The van der Waals surface area contributed by atoms with Crippen molar-refractivity contribution in [2.75, 3.05) is 11.1 Å². The van der Waals surface area contributed by atoms with Crippen LogP contribution in [0.2, 0.25) is 5.02 Å². The lowest BCUT2D eigenvalue weighted by molar-refractivity contribution is 0.101. The van der Waals surface area contributed by atoms with Gasteiger partial charge < -0.3 is 15.6 Å². The third kappa shape index (κ3) is 3.60. The van der Waals surface area contributed by atoms with Crippen molar-refractivity contribution < 1.29 is 4.79 Å². The molecular weight excluding hydrogens is 354 g/mol. The molecule has 0 saturated heterocycles. The van der Waals surface area contributed by atoms with Gasteiger partial charge in [-0.1, -0.05) is 18.5 Å². The number of anilines is 2. The van der Waals surface area contributed by atoms with Crippen LogP contribution in [0.5, 0.6) is 0 Å². The van der Waals surface area contributed by atoms with E-state index < -0.39 is 0 Å². The molecule has 0 bridgehead atoms. The maximum atomic E-state index is 12.4. The van der Waals surface area contributed by atoms with Crippen molar-refractivity contribution in [3.8, 4) is 0 Å². The minimum Gasteiger partial charge on any atom is -0.397 e. The van der Waals surface area contributed by atoms with Crippen molar-refractivity contribution in [2.45, 2.75) is 26.8 Å². The number of carbonyl (C=O) groups excluding carboxylic acids is 1. The minimum absolute atomic E-state index is 0.208. The third-order valence-corrected chi connectivity index (χ3v) is 4.17. The Kier molecular flexibility index (Phi) is 4.96. The van der Waals surface area contributed by atoms with Crippen molar-refractivity contribution in [3.05, 3.63) is 45.1 Å². The number of nitrogens with one attached hydrogen (secondary N) is 1. The smallest absolute Gasteiger partial charge is 0.272 e. The Morgan fingerprint density at radius 2 is 2.14 bits per heavy atom. The number of halogens is 2. The summed E-state index contributed by atoms with van der Waals surface area (Å²) in [6.45, 7) is 4.70. The second kappa shape index (κ2) is 6.54. The molecule has 0 saturated carbocycles. The first kappa shape index (κ1) is 15.9. The molecule has 0 unspecified atom stereocenters. The van der Waals surface area contributed by atoms with Gasteiger partial charge in [0.1, 0.15) is 5.69 Å². The highest BCUT2D eigenvalue weighted by Gasteiger charge is 2.14. The molecule has 21 heavy (non-hydrogen) atoms. The van der Waals surface area contributed by atoms with Gasteiger partial charge in [-0.05, 0) is 53.0 Å². The average Bonchev–Trinajstić information content (AvgIpc) is 2.77. The van der Waals surface area contributed by atoms with Crippen LogP contribution >= 0.6 is 27.5 Å². The fourth-order valence-electron chi connectivity index (χ4n) is 2.08. The SMILES string of the molecule is CCCn1cc(N)cc1C(=O)Nc1cc(Cl)c(C)cc1Br. The molecule has 1 heterocycles. The molecule has 0 fully saturated rings. The van der Waals surface area contributed by atoms with Gasteiger partial charge in [0.05, 0.1) is 11.4 Å². The summed E-state index contributed by atoms with van der Waals surface area (Å²) in [5.74, 6) is -0.208. The Morgan fingerprint density at radius 3 is 2.81 bits per heavy atom. The summed E-state index contributed by atoms with van der Waals surface area (Å²) in [6, 6.07) is 5.28. The van der Waals surface area contributed by atoms with Crippen LogP contribution in [0.1, 0.15) is 29.4 Å². The summed E-state index contributed by atoms with van der Waals surface area (Å²) in [5, 5.41) is 3.47. The molecule has 2 aromatic rings. The van der Waals surface area contributed by atoms with Crippen molar-refractivity contribution in [1.29, 1.82) is 0 Å². The highest BCUT2D eigenvalue weighted by molar-refractivity contribution is 9.10. The van der Waals surface area contributed by atoms with Gasteiger partial charge in [0.2, 0.25) is 0 Å². The molecular formula is C15H17BrClN3O. The Hall–Kier alpha value is -1.46. The number of nitrogens with two attached hydrogens (primary N) is 1. The van der Waals surface area contributed by atoms with Crippen LogP contribution in [0.4, 0.5) is 11.4 Å². The summed E-state index contributed by atoms with van der Waals surface area (Å²) in [4.78, 5) is 12.4. The van der Waals surface area contributed by atoms with Crippen molar-refractivity contribution >= 4 is 44.8 Å². The third-order valence-electron chi connectivity index (χ3n) is 3.11. The molecule has 6 heteroatoms. The molecule has 0 aliphatic rings. The van der Waals surface area contributed by atoms with E-state index in [0.29, 0.717) is 22.1 Å². The van der Waals surface area contributed by atoms with E-state index >= 15 is 0 Å². The van der Waals surface area contributed by atoms with Crippen molar-refractivity contribution in [1.82, 2.24) is 4.57 Å². The Morgan fingerprint density at radius 1 is 1.43 bits per heavy atom. The van der Waals surface area contributed by atoms with Crippen molar-refractivity contribution in [2.24, 2.45) is 0 Å². The molecule has 0 aliphatic heterocycles. The second-order valence-electron chi connectivity index (χ2n) is 4.89. The van der Waals surface area contributed by atoms with Crippen LogP contribution in [-0.4, -0.2) is 10.5 Å². The summed E-state index contributed by atoms with van der Waals surface area (Å²) < 4.78 is 2.65. The van der Waals surface area contributed by atoms with E-state index in [9.17, 15) is 4.79 Å². The number of rotatable bonds is 4. The highest BCUT2D eigenvalue weighted by atomic mass is 79.9. The molecule has 0 radical (unpaired) electrons. The lowest BCUT2D eigenvalue weighted by Gasteiger charge is -2.11. The van der Waals surface area contributed by atoms with E-state index in [-0.39, 0.29) is 5.91 Å². The van der Waals surface area contributed by atoms with Gasteiger partial charge in [-0.25, -0.2) is 0 Å². The highest BCUT2D eigenvalue weighted by Crippen LogP contribution is 2.29. The number of hydrogen-bond donors (Lipinski definition) is 2. The number of amides is 1. The van der Waals surface area contributed by atoms with E-state index in [4.69, 9.17) is 17.3 Å². The van der Waals surface area contributed by atoms with Crippen LogP contribution in [-0.2, 0) is 6.54 Å². The molecule has 0 atom stereocenters. The predicted octanol–water partition coefficient (Wildman–Crippen LogP) is 4.46. The van der Waals surface area contributed by atoms with Gasteiger partial charge in [0.15, 0.2) is 0 Å². The fraction of sp³-hybridized carbons (Fsp3) is 0.267. The van der Waals surface area contributed by atoms with Crippen LogP contribution < -0.4 is 11.1 Å². The van der Waals surface area contributed by atoms with Crippen LogP contribution in [0, 0.1) is 6.92 Å². The maximum absolute atomic E-state index is 12.4. The quantitative estimate of drug-likeness (QED) is 0.835. The molecule has 2 rings (SSSR count). The average molecular weight is 371 g/mol. The molecule has 3 N–H and O–H groups in total. The number of aromatic nitrogens is 1. The van der Waals surface area contributed by atoms with Crippen LogP contribution in [0.25, 0.3) is 0 Å². The molecule has 1 amide bonds. The Labute approximate surface area is 137 Å². The molecule has 1 aromatic carbocycles.